The van der Waals surface area contributed by atoms with Gasteiger partial charge in [0, 0.05) is 20.9 Å². The van der Waals surface area contributed by atoms with Crippen LogP contribution in [0.4, 0.5) is 0 Å². The van der Waals surface area contributed by atoms with E-state index < -0.39 is 0 Å². The van der Waals surface area contributed by atoms with E-state index in [9.17, 15) is 9.59 Å². The molecule has 2 aromatic carbocycles. The summed E-state index contributed by atoms with van der Waals surface area (Å²) in [6.07, 6.45) is 9.48. The summed E-state index contributed by atoms with van der Waals surface area (Å²) in [5.41, 5.74) is 0.885. The molecule has 0 bridgehead atoms. The molecule has 0 spiro atoms. The first-order chi connectivity index (χ1) is 18.6. The summed E-state index contributed by atoms with van der Waals surface area (Å²) in [6, 6.07) is 16.1. The number of benzene rings is 2. The summed E-state index contributed by atoms with van der Waals surface area (Å²) in [5, 5.41) is 0. The summed E-state index contributed by atoms with van der Waals surface area (Å²) in [7, 11) is 0. The molecule has 0 radical (unpaired) electrons. The average Bonchev–Trinajstić information content (AvgIpc) is 2.98. The fraction of sp³-hybridized carbons (Fsp3) is 0.576. The van der Waals surface area contributed by atoms with Crippen LogP contribution in [-0.4, -0.2) is 70.6 Å². The molecule has 0 amide bonds. The minimum absolute atomic E-state index is 0.238. The molecule has 2 aliphatic heterocycles. The molecule has 0 N–H and O–H groups in total. The fourth-order valence-electron chi connectivity index (χ4n) is 5.51. The van der Waals surface area contributed by atoms with Crippen molar-refractivity contribution in [1.29, 1.82) is 0 Å². The van der Waals surface area contributed by atoms with Gasteiger partial charge in [0.2, 0.25) is 0 Å². The van der Waals surface area contributed by atoms with Gasteiger partial charge in [-0.2, -0.15) is 0 Å². The van der Waals surface area contributed by atoms with E-state index in [1.54, 1.807) is 11.8 Å². The standard InChI is InChI=1S/C17H25NOS.C16H23NOS/c1-4-20-15-10-8-14(9-11-15)16(19)17(2,3)18-12-6-5-7-13-18;1-16(2,17-11-5-4-6-12-17)15(18)13-7-9-14(19-3)10-8-13/h8-11H,4-7,12-13H2,1-3H3;7-10H,4-6,11-12H2,1-3H3. The highest BCUT2D eigenvalue weighted by molar-refractivity contribution is 7.99. The van der Waals surface area contributed by atoms with Gasteiger partial charge in [-0.15, -0.1) is 23.5 Å². The first-order valence-electron chi connectivity index (χ1n) is 14.6. The number of hydrogen-bond acceptors (Lipinski definition) is 6. The highest BCUT2D eigenvalue weighted by atomic mass is 32.2. The van der Waals surface area contributed by atoms with Crippen molar-refractivity contribution < 1.29 is 9.59 Å². The maximum absolute atomic E-state index is 12.8. The first kappa shape index (κ1) is 31.9. The second kappa shape index (κ2) is 14.9. The Labute approximate surface area is 245 Å². The number of nitrogens with zero attached hydrogens (tertiary/aromatic N) is 2. The zero-order valence-electron chi connectivity index (χ0n) is 24.9. The van der Waals surface area contributed by atoms with Crippen molar-refractivity contribution >= 4 is 35.1 Å². The fourth-order valence-corrected chi connectivity index (χ4v) is 6.58. The zero-order chi connectivity index (χ0) is 28.5. The highest BCUT2D eigenvalue weighted by Crippen LogP contribution is 2.27. The van der Waals surface area contributed by atoms with Crippen LogP contribution in [0.2, 0.25) is 0 Å². The molecule has 4 nitrogen and oxygen atoms in total. The number of carbonyl (C=O) groups excluding carboxylic acids is 2. The third kappa shape index (κ3) is 8.45. The van der Waals surface area contributed by atoms with Gasteiger partial charge in [-0.05, 0) is 116 Å². The molecule has 6 heteroatoms. The molecule has 2 aromatic rings. The third-order valence-electron chi connectivity index (χ3n) is 8.18. The van der Waals surface area contributed by atoms with Crippen molar-refractivity contribution in [2.75, 3.05) is 38.2 Å². The normalized spacial score (nSPS) is 17.3. The van der Waals surface area contributed by atoms with Crippen molar-refractivity contribution in [2.24, 2.45) is 0 Å². The largest absolute Gasteiger partial charge is 0.292 e. The molecule has 0 unspecified atom stereocenters. The summed E-state index contributed by atoms with van der Waals surface area (Å²) >= 11 is 3.51. The van der Waals surface area contributed by atoms with Gasteiger partial charge in [0.1, 0.15) is 0 Å². The van der Waals surface area contributed by atoms with Crippen LogP contribution >= 0.6 is 23.5 Å². The smallest absolute Gasteiger partial charge is 0.182 e. The maximum atomic E-state index is 12.8. The van der Waals surface area contributed by atoms with Crippen LogP contribution in [0.15, 0.2) is 58.3 Å². The Morgan fingerprint density at radius 3 is 1.33 bits per heavy atom. The molecule has 4 rings (SSSR count). The van der Waals surface area contributed by atoms with Gasteiger partial charge in [0.05, 0.1) is 11.1 Å². The van der Waals surface area contributed by atoms with E-state index in [4.69, 9.17) is 0 Å². The number of hydrogen-bond donors (Lipinski definition) is 0. The second-order valence-corrected chi connectivity index (χ2v) is 13.8. The van der Waals surface area contributed by atoms with Gasteiger partial charge in [0.25, 0.3) is 0 Å². The molecule has 2 aliphatic rings. The molecule has 0 atom stereocenters. The number of rotatable bonds is 9. The average molecular weight is 569 g/mol. The lowest BCUT2D eigenvalue weighted by molar-refractivity contribution is 0.0576. The molecule has 0 aliphatic carbocycles. The predicted octanol–water partition coefficient (Wildman–Crippen LogP) is 8.10. The van der Waals surface area contributed by atoms with Crippen LogP contribution in [-0.2, 0) is 0 Å². The number of likely N-dealkylation sites (tertiary alicyclic amines) is 2. The van der Waals surface area contributed by atoms with E-state index in [2.05, 4.69) is 62.8 Å². The zero-order valence-corrected chi connectivity index (χ0v) is 26.6. The number of Topliss-reactive ketones (excluding diaryl/α,β-unsaturated/α-hetero) is 2. The Morgan fingerprint density at radius 1 is 0.641 bits per heavy atom. The van der Waals surface area contributed by atoms with Crippen molar-refractivity contribution in [3.8, 4) is 0 Å². The molecular weight excluding hydrogens is 521 g/mol. The minimum atomic E-state index is -0.389. The molecule has 2 fully saturated rings. The lowest BCUT2D eigenvalue weighted by Crippen LogP contribution is -2.52. The van der Waals surface area contributed by atoms with Gasteiger partial charge < -0.3 is 0 Å². The van der Waals surface area contributed by atoms with E-state index in [1.165, 1.54) is 48.3 Å². The van der Waals surface area contributed by atoms with Crippen LogP contribution in [0.5, 0.6) is 0 Å². The molecule has 2 saturated heterocycles. The topological polar surface area (TPSA) is 40.6 Å². The van der Waals surface area contributed by atoms with E-state index in [1.807, 2.05) is 48.2 Å². The van der Waals surface area contributed by atoms with Crippen LogP contribution < -0.4 is 0 Å². The Balaban J connectivity index is 0.000000216. The lowest BCUT2D eigenvalue weighted by atomic mass is 9.89. The molecule has 214 valence electrons. The van der Waals surface area contributed by atoms with Crippen molar-refractivity contribution in [3.05, 3.63) is 59.7 Å². The van der Waals surface area contributed by atoms with Crippen LogP contribution in [0.1, 0.15) is 93.9 Å². The summed E-state index contributed by atoms with van der Waals surface area (Å²) in [4.78, 5) is 32.6. The minimum Gasteiger partial charge on any atom is -0.292 e. The molecule has 2 heterocycles. The van der Waals surface area contributed by atoms with Crippen LogP contribution in [0.25, 0.3) is 0 Å². The number of piperidine rings is 2. The SMILES string of the molecule is CCSc1ccc(C(=O)C(C)(C)N2CCCCC2)cc1.CSc1ccc(C(=O)C(C)(C)N2CCCCC2)cc1. The molecule has 0 aromatic heterocycles. The lowest BCUT2D eigenvalue weighted by Gasteiger charge is -2.39. The predicted molar refractivity (Wildman–Crippen MR) is 169 cm³/mol. The molecule has 0 saturated carbocycles. The van der Waals surface area contributed by atoms with Gasteiger partial charge in [-0.1, -0.05) is 44.0 Å². The molecular formula is C33H48N2O2S2. The van der Waals surface area contributed by atoms with Gasteiger partial charge >= 0.3 is 0 Å². The Hall–Kier alpha value is -1.60. The summed E-state index contributed by atoms with van der Waals surface area (Å²) < 4.78 is 0. The van der Waals surface area contributed by atoms with Gasteiger partial charge in [0.15, 0.2) is 11.6 Å². The highest BCUT2D eigenvalue weighted by Gasteiger charge is 2.36. The number of ketones is 2. The number of carbonyl (C=O) groups is 2. The van der Waals surface area contributed by atoms with E-state index in [0.29, 0.717) is 0 Å². The maximum Gasteiger partial charge on any atom is 0.182 e. The first-order valence-corrected chi connectivity index (χ1v) is 16.8. The summed E-state index contributed by atoms with van der Waals surface area (Å²) in [6.45, 7) is 14.6. The Morgan fingerprint density at radius 2 is 1.00 bits per heavy atom. The van der Waals surface area contributed by atoms with E-state index >= 15 is 0 Å². The van der Waals surface area contributed by atoms with Crippen molar-refractivity contribution in [1.82, 2.24) is 9.80 Å². The third-order valence-corrected chi connectivity index (χ3v) is 9.82. The monoisotopic (exact) mass is 568 g/mol. The second-order valence-electron chi connectivity index (χ2n) is 11.6. The Bertz CT molecular complexity index is 1050. The van der Waals surface area contributed by atoms with Gasteiger partial charge in [-0.3, -0.25) is 19.4 Å². The molecule has 39 heavy (non-hydrogen) atoms. The van der Waals surface area contributed by atoms with Crippen LogP contribution in [0.3, 0.4) is 0 Å². The Kier molecular flexibility index (Phi) is 12.2. The summed E-state index contributed by atoms with van der Waals surface area (Å²) in [5.74, 6) is 1.54. The quantitative estimate of drug-likeness (QED) is 0.225. The number of thioether (sulfide) groups is 2. The van der Waals surface area contributed by atoms with Crippen molar-refractivity contribution in [2.45, 2.75) is 94.0 Å². The van der Waals surface area contributed by atoms with Crippen LogP contribution in [0, 0.1) is 0 Å². The van der Waals surface area contributed by atoms with Gasteiger partial charge in [-0.25, -0.2) is 0 Å². The van der Waals surface area contributed by atoms with Crippen molar-refractivity contribution in [3.63, 3.8) is 0 Å². The van der Waals surface area contributed by atoms with E-state index in [-0.39, 0.29) is 22.6 Å². The van der Waals surface area contributed by atoms with E-state index in [0.717, 1.165) is 43.1 Å².